The third-order valence-electron chi connectivity index (χ3n) is 5.62. The third kappa shape index (κ3) is 5.64. The average Bonchev–Trinajstić information content (AvgIpc) is 3.36. The van der Waals surface area contributed by atoms with Crippen LogP contribution in [0.2, 0.25) is 0 Å². The minimum absolute atomic E-state index is 0.0994. The van der Waals surface area contributed by atoms with E-state index < -0.39 is 0 Å². The molecule has 0 aliphatic carbocycles. The Bertz CT molecular complexity index is 1080. The van der Waals surface area contributed by atoms with Crippen LogP contribution in [0.4, 0.5) is 5.69 Å². The van der Waals surface area contributed by atoms with Crippen molar-refractivity contribution >= 4 is 11.6 Å². The molecule has 1 aromatic heterocycles. The van der Waals surface area contributed by atoms with Crippen LogP contribution >= 0.6 is 0 Å². The highest BCUT2D eigenvalue weighted by atomic mass is 16.5. The van der Waals surface area contributed by atoms with Crippen molar-refractivity contribution in [2.45, 2.75) is 12.8 Å². The Kier molecular flexibility index (Phi) is 7.14. The first kappa shape index (κ1) is 22.7. The molecule has 1 atom stereocenters. The number of carbonyl (C=O) groups excluding carboxylic acids is 1. The molecule has 0 saturated carbocycles. The fraction of sp³-hybridized carbons (Fsp3) is 0.360. The number of H-pyrrole nitrogens is 1. The summed E-state index contributed by atoms with van der Waals surface area (Å²) in [5.74, 6) is 1.79. The highest BCUT2D eigenvalue weighted by Gasteiger charge is 2.27. The Morgan fingerprint density at radius 3 is 2.88 bits per heavy atom. The molecule has 4 rings (SSSR count). The number of hydrogen-bond acceptors (Lipinski definition) is 6. The summed E-state index contributed by atoms with van der Waals surface area (Å²) in [5.41, 5.74) is 3.54. The summed E-state index contributed by atoms with van der Waals surface area (Å²) in [5, 5.41) is 9.90. The number of ether oxygens (including phenoxy) is 3. The van der Waals surface area contributed by atoms with Gasteiger partial charge in [-0.2, -0.15) is 5.10 Å². The lowest BCUT2D eigenvalue weighted by molar-refractivity contribution is -0.121. The minimum atomic E-state index is -0.306. The molecule has 0 fully saturated rings. The van der Waals surface area contributed by atoms with Gasteiger partial charge in [0.05, 0.1) is 31.5 Å². The largest absolute Gasteiger partial charge is 0.497 e. The summed E-state index contributed by atoms with van der Waals surface area (Å²) in [6.45, 7) is 1.80. The van der Waals surface area contributed by atoms with E-state index in [4.69, 9.17) is 14.2 Å². The van der Waals surface area contributed by atoms with Gasteiger partial charge in [0, 0.05) is 18.3 Å². The van der Waals surface area contributed by atoms with E-state index in [0.29, 0.717) is 31.1 Å². The topological polar surface area (TPSA) is 88.7 Å². The molecule has 8 heteroatoms. The second kappa shape index (κ2) is 10.4. The van der Waals surface area contributed by atoms with Crippen molar-refractivity contribution in [2.75, 3.05) is 46.3 Å². The van der Waals surface area contributed by atoms with Gasteiger partial charge in [0.15, 0.2) is 0 Å². The molecule has 2 heterocycles. The molecule has 8 nitrogen and oxygen atoms in total. The van der Waals surface area contributed by atoms with E-state index in [0.717, 1.165) is 41.2 Å². The van der Waals surface area contributed by atoms with E-state index in [-0.39, 0.29) is 11.8 Å². The van der Waals surface area contributed by atoms with Crippen LogP contribution in [-0.2, 0) is 11.2 Å². The average molecular weight is 451 g/mol. The number of aromatic amines is 1. The molecule has 2 aromatic carbocycles. The predicted octanol–water partition coefficient (Wildman–Crippen LogP) is 3.61. The Labute approximate surface area is 193 Å². The maximum Gasteiger partial charge on any atom is 0.231 e. The van der Waals surface area contributed by atoms with Gasteiger partial charge in [-0.15, -0.1) is 0 Å². The standard InChI is InChI=1S/C25H30N4O4/c1-29(2)9-4-10-32-24-13-17(20-14-26-27-15-20)5-7-22(24)28-25(30)19-11-18-12-21(31-3)6-8-23(18)33-16-19/h5-8,12-15,19H,4,9-11,16H2,1-3H3,(H,26,27)(H,28,30)/t19-/m1/s1. The van der Waals surface area contributed by atoms with Crippen molar-refractivity contribution in [3.05, 3.63) is 54.4 Å². The van der Waals surface area contributed by atoms with Crippen LogP contribution in [0.1, 0.15) is 12.0 Å². The minimum Gasteiger partial charge on any atom is -0.497 e. The number of rotatable bonds is 9. The summed E-state index contributed by atoms with van der Waals surface area (Å²) in [6.07, 6.45) is 5.05. The molecule has 0 saturated heterocycles. The lowest BCUT2D eigenvalue weighted by atomic mass is 9.95. The van der Waals surface area contributed by atoms with Gasteiger partial charge >= 0.3 is 0 Å². The number of hydrogen-bond donors (Lipinski definition) is 2. The molecular formula is C25H30N4O4. The Balaban J connectivity index is 1.49. The number of nitrogens with one attached hydrogen (secondary N) is 2. The smallest absolute Gasteiger partial charge is 0.231 e. The van der Waals surface area contributed by atoms with Crippen molar-refractivity contribution in [3.8, 4) is 28.4 Å². The van der Waals surface area contributed by atoms with Gasteiger partial charge < -0.3 is 24.4 Å². The summed E-state index contributed by atoms with van der Waals surface area (Å²) >= 11 is 0. The zero-order chi connectivity index (χ0) is 23.2. The van der Waals surface area contributed by atoms with E-state index in [1.165, 1.54) is 0 Å². The molecular weight excluding hydrogens is 420 g/mol. The number of anilines is 1. The molecule has 0 bridgehead atoms. The normalized spacial score (nSPS) is 15.0. The quantitative estimate of drug-likeness (QED) is 0.484. The van der Waals surface area contributed by atoms with Gasteiger partial charge in [-0.1, -0.05) is 6.07 Å². The third-order valence-corrected chi connectivity index (χ3v) is 5.62. The van der Waals surface area contributed by atoms with Crippen LogP contribution in [0.15, 0.2) is 48.8 Å². The fourth-order valence-corrected chi connectivity index (χ4v) is 3.80. The molecule has 0 radical (unpaired) electrons. The SMILES string of the molecule is COc1ccc2c(c1)C[C@@H](C(=O)Nc1ccc(-c3cn[nH]c3)cc1OCCCN(C)C)CO2. The molecule has 0 unspecified atom stereocenters. The number of carbonyl (C=O) groups is 1. The summed E-state index contributed by atoms with van der Waals surface area (Å²) in [7, 11) is 5.69. The first-order valence-electron chi connectivity index (χ1n) is 11.0. The molecule has 2 N–H and O–H groups in total. The van der Waals surface area contributed by atoms with Crippen LogP contribution in [-0.4, -0.2) is 62.0 Å². The molecule has 174 valence electrons. The summed E-state index contributed by atoms with van der Waals surface area (Å²) < 4.78 is 17.2. The Morgan fingerprint density at radius 2 is 2.12 bits per heavy atom. The van der Waals surface area contributed by atoms with Crippen molar-refractivity contribution in [3.63, 3.8) is 0 Å². The van der Waals surface area contributed by atoms with Crippen molar-refractivity contribution in [2.24, 2.45) is 5.92 Å². The van der Waals surface area contributed by atoms with E-state index >= 15 is 0 Å². The molecule has 1 amide bonds. The number of amides is 1. The molecule has 0 spiro atoms. The first-order valence-corrected chi connectivity index (χ1v) is 11.0. The second-order valence-corrected chi connectivity index (χ2v) is 8.38. The van der Waals surface area contributed by atoms with Gasteiger partial charge in [0.25, 0.3) is 0 Å². The Hall–Kier alpha value is -3.52. The number of aromatic nitrogens is 2. The van der Waals surface area contributed by atoms with Gasteiger partial charge in [0.2, 0.25) is 5.91 Å². The van der Waals surface area contributed by atoms with Crippen molar-refractivity contribution in [1.82, 2.24) is 15.1 Å². The summed E-state index contributed by atoms with van der Waals surface area (Å²) in [4.78, 5) is 15.2. The zero-order valence-electron chi connectivity index (χ0n) is 19.3. The van der Waals surface area contributed by atoms with Crippen LogP contribution in [0.5, 0.6) is 17.2 Å². The lowest BCUT2D eigenvalue weighted by Crippen LogP contribution is -2.32. The lowest BCUT2D eigenvalue weighted by Gasteiger charge is -2.25. The Morgan fingerprint density at radius 1 is 1.24 bits per heavy atom. The summed E-state index contributed by atoms with van der Waals surface area (Å²) in [6, 6.07) is 11.4. The number of methoxy groups -OCH3 is 1. The number of benzene rings is 2. The number of fused-ring (bicyclic) bond motifs is 1. The highest BCUT2D eigenvalue weighted by Crippen LogP contribution is 2.34. The van der Waals surface area contributed by atoms with Crippen LogP contribution in [0.3, 0.4) is 0 Å². The van der Waals surface area contributed by atoms with Crippen LogP contribution in [0.25, 0.3) is 11.1 Å². The number of nitrogens with zero attached hydrogens (tertiary/aromatic N) is 2. The van der Waals surface area contributed by atoms with E-state index in [1.807, 2.05) is 56.7 Å². The maximum atomic E-state index is 13.1. The zero-order valence-corrected chi connectivity index (χ0v) is 19.3. The maximum absolute atomic E-state index is 13.1. The van der Waals surface area contributed by atoms with Gasteiger partial charge in [-0.3, -0.25) is 9.89 Å². The van der Waals surface area contributed by atoms with Crippen molar-refractivity contribution < 1.29 is 19.0 Å². The fourth-order valence-electron chi connectivity index (χ4n) is 3.80. The van der Waals surface area contributed by atoms with Crippen molar-refractivity contribution in [1.29, 1.82) is 0 Å². The predicted molar refractivity (Wildman–Crippen MR) is 127 cm³/mol. The molecule has 3 aromatic rings. The second-order valence-electron chi connectivity index (χ2n) is 8.38. The molecule has 1 aliphatic rings. The van der Waals surface area contributed by atoms with Gasteiger partial charge in [-0.25, -0.2) is 0 Å². The van der Waals surface area contributed by atoms with E-state index in [2.05, 4.69) is 20.4 Å². The van der Waals surface area contributed by atoms with Gasteiger partial charge in [0.1, 0.15) is 23.9 Å². The molecule has 1 aliphatic heterocycles. The van der Waals surface area contributed by atoms with Crippen LogP contribution in [0, 0.1) is 5.92 Å². The highest BCUT2D eigenvalue weighted by molar-refractivity contribution is 5.95. The first-order chi connectivity index (χ1) is 16.0. The van der Waals surface area contributed by atoms with Crippen LogP contribution < -0.4 is 19.5 Å². The van der Waals surface area contributed by atoms with E-state index in [1.54, 1.807) is 13.3 Å². The molecule has 33 heavy (non-hydrogen) atoms. The van der Waals surface area contributed by atoms with E-state index in [9.17, 15) is 4.79 Å². The monoisotopic (exact) mass is 450 g/mol. The van der Waals surface area contributed by atoms with Gasteiger partial charge in [-0.05, 0) is 68.4 Å².